The number of benzene rings is 1. The maximum absolute atomic E-state index is 13.7. The van der Waals surface area contributed by atoms with Crippen LogP contribution in [-0.4, -0.2) is 61.8 Å². The van der Waals surface area contributed by atoms with E-state index in [2.05, 4.69) is 15.1 Å². The number of aromatic nitrogens is 4. The van der Waals surface area contributed by atoms with Gasteiger partial charge in [0, 0.05) is 44.5 Å². The Kier molecular flexibility index (Phi) is 5.59. The fraction of sp³-hybridized carbons (Fsp3) is 0.300. The first-order chi connectivity index (χ1) is 14.8. The number of alkyl halides is 3. The molecule has 0 atom stereocenters. The third-order valence-corrected chi connectivity index (χ3v) is 5.13. The van der Waals surface area contributed by atoms with Crippen LogP contribution in [0.5, 0.6) is 0 Å². The van der Waals surface area contributed by atoms with Crippen LogP contribution in [0.25, 0.3) is 11.3 Å². The first-order valence-corrected chi connectivity index (χ1v) is 9.59. The molecule has 1 aromatic carbocycles. The lowest BCUT2D eigenvalue weighted by Gasteiger charge is -2.34. The van der Waals surface area contributed by atoms with Crippen molar-refractivity contribution in [1.82, 2.24) is 29.5 Å². The molecule has 1 aliphatic rings. The molecule has 0 spiro atoms. The lowest BCUT2D eigenvalue weighted by Crippen LogP contribution is -2.49. The van der Waals surface area contributed by atoms with Gasteiger partial charge < -0.3 is 10.6 Å². The zero-order chi connectivity index (χ0) is 22.0. The zero-order valence-electron chi connectivity index (χ0n) is 16.5. The molecule has 2 aromatic heterocycles. The highest BCUT2D eigenvalue weighted by Crippen LogP contribution is 2.35. The van der Waals surface area contributed by atoms with E-state index in [1.165, 1.54) is 35.7 Å². The normalized spacial score (nSPS) is 15.3. The molecule has 0 unspecified atom stereocenters. The summed E-state index contributed by atoms with van der Waals surface area (Å²) >= 11 is 0. The van der Waals surface area contributed by atoms with Gasteiger partial charge in [-0.05, 0) is 17.7 Å². The monoisotopic (exact) mass is 431 g/mol. The average Bonchev–Trinajstić information content (AvgIpc) is 3.20. The molecule has 31 heavy (non-hydrogen) atoms. The minimum atomic E-state index is -4.49. The Morgan fingerprint density at radius 2 is 1.90 bits per heavy atom. The smallest absolute Gasteiger partial charge is 0.396 e. The molecule has 0 aliphatic carbocycles. The van der Waals surface area contributed by atoms with Crippen LogP contribution in [0.2, 0.25) is 0 Å². The Bertz CT molecular complexity index is 1060. The third kappa shape index (κ3) is 4.66. The minimum absolute atomic E-state index is 0.135. The molecule has 3 heterocycles. The van der Waals surface area contributed by atoms with Gasteiger partial charge in [0.2, 0.25) is 0 Å². The Hall–Kier alpha value is -3.47. The summed E-state index contributed by atoms with van der Waals surface area (Å²) in [4.78, 5) is 23.8. The summed E-state index contributed by atoms with van der Waals surface area (Å²) in [7, 11) is 0. The molecule has 2 N–H and O–H groups in total. The van der Waals surface area contributed by atoms with Gasteiger partial charge in [-0.1, -0.05) is 12.1 Å². The number of hydrogen-bond donors (Lipinski definition) is 1. The van der Waals surface area contributed by atoms with Crippen molar-refractivity contribution >= 4 is 11.7 Å². The molecule has 162 valence electrons. The molecule has 0 radical (unpaired) electrons. The molecule has 1 aliphatic heterocycles. The second-order valence-electron chi connectivity index (χ2n) is 7.23. The summed E-state index contributed by atoms with van der Waals surface area (Å²) in [6, 6.07) is 5.51. The van der Waals surface area contributed by atoms with E-state index in [4.69, 9.17) is 5.73 Å². The Morgan fingerprint density at radius 3 is 2.52 bits per heavy atom. The summed E-state index contributed by atoms with van der Waals surface area (Å²) in [5.74, 6) is 0. The predicted molar refractivity (Wildman–Crippen MR) is 107 cm³/mol. The van der Waals surface area contributed by atoms with Gasteiger partial charge in [-0.15, -0.1) is 0 Å². The van der Waals surface area contributed by atoms with Gasteiger partial charge in [-0.25, -0.2) is 14.8 Å². The molecule has 1 saturated heterocycles. The van der Waals surface area contributed by atoms with E-state index in [1.807, 2.05) is 4.90 Å². The van der Waals surface area contributed by atoms with Crippen LogP contribution >= 0.6 is 0 Å². The molecule has 0 saturated carbocycles. The highest BCUT2D eigenvalue weighted by molar-refractivity contribution is 5.76. The van der Waals surface area contributed by atoms with Crippen LogP contribution in [0.4, 0.5) is 23.7 Å². The van der Waals surface area contributed by atoms with Gasteiger partial charge in [0.05, 0.1) is 29.3 Å². The summed E-state index contributed by atoms with van der Waals surface area (Å²) < 4.78 is 42.4. The van der Waals surface area contributed by atoms with Crippen molar-refractivity contribution in [3.05, 3.63) is 60.3 Å². The second kappa shape index (κ2) is 8.34. The number of carbonyl (C=O) groups excluding carboxylic acids is 1. The van der Waals surface area contributed by atoms with E-state index in [0.717, 1.165) is 6.07 Å². The summed E-state index contributed by atoms with van der Waals surface area (Å²) in [6.45, 7) is 1.81. The first kappa shape index (κ1) is 20.8. The Balaban J connectivity index is 1.46. The molecule has 3 aromatic rings. The van der Waals surface area contributed by atoms with Crippen molar-refractivity contribution in [3.8, 4) is 11.3 Å². The van der Waals surface area contributed by atoms with Crippen LogP contribution in [0.3, 0.4) is 0 Å². The van der Waals surface area contributed by atoms with Crippen LogP contribution in [-0.2, 0) is 12.7 Å². The molecular weight excluding hydrogens is 411 g/mol. The largest absolute Gasteiger partial charge is 0.416 e. The first-order valence-electron chi connectivity index (χ1n) is 9.59. The van der Waals surface area contributed by atoms with E-state index in [-0.39, 0.29) is 18.1 Å². The molecule has 4 rings (SSSR count). The number of nitrogens with two attached hydrogens (primary N) is 1. The van der Waals surface area contributed by atoms with Gasteiger partial charge in [0.25, 0.3) is 0 Å². The Labute approximate surface area is 176 Å². The van der Waals surface area contributed by atoms with Crippen molar-refractivity contribution in [1.29, 1.82) is 0 Å². The standard InChI is InChI=1S/C20H20F3N7O/c21-20(22,23)17-9-14(18-3-4-25-13-26-18)1-2-15(17)11-28-5-7-29(8-6-28)19(31)30-12-16(24)10-27-30/h1-4,9-10,12-13H,5-8,11,24H2. The maximum atomic E-state index is 13.7. The molecule has 1 fully saturated rings. The van der Waals surface area contributed by atoms with E-state index in [9.17, 15) is 18.0 Å². The fourth-order valence-corrected chi connectivity index (χ4v) is 3.52. The average molecular weight is 431 g/mol. The topological polar surface area (TPSA) is 93.2 Å². The Morgan fingerprint density at radius 1 is 1.13 bits per heavy atom. The van der Waals surface area contributed by atoms with E-state index in [0.29, 0.717) is 43.1 Å². The number of hydrogen-bond acceptors (Lipinski definition) is 6. The van der Waals surface area contributed by atoms with Gasteiger partial charge in [-0.2, -0.15) is 23.0 Å². The number of carbonyl (C=O) groups is 1. The summed E-state index contributed by atoms with van der Waals surface area (Å²) in [5, 5.41) is 3.90. The molecule has 0 bridgehead atoms. The highest BCUT2D eigenvalue weighted by atomic mass is 19.4. The predicted octanol–water partition coefficient (Wildman–Crippen LogP) is 2.73. The highest BCUT2D eigenvalue weighted by Gasteiger charge is 2.34. The number of piperazine rings is 1. The molecular formula is C20H20F3N7O. The van der Waals surface area contributed by atoms with Crippen molar-refractivity contribution < 1.29 is 18.0 Å². The van der Waals surface area contributed by atoms with E-state index < -0.39 is 11.7 Å². The number of amides is 1. The van der Waals surface area contributed by atoms with Crippen LogP contribution in [0.1, 0.15) is 11.1 Å². The van der Waals surface area contributed by atoms with Crippen molar-refractivity contribution in [2.75, 3.05) is 31.9 Å². The molecule has 8 nitrogen and oxygen atoms in total. The number of rotatable bonds is 3. The number of halogens is 3. The lowest BCUT2D eigenvalue weighted by atomic mass is 10.0. The maximum Gasteiger partial charge on any atom is 0.416 e. The molecule has 1 amide bonds. The molecule has 11 heteroatoms. The SMILES string of the molecule is Nc1cnn(C(=O)N2CCN(Cc3ccc(-c4ccncn4)cc3C(F)(F)F)CC2)c1. The van der Waals surface area contributed by atoms with Gasteiger partial charge in [0.15, 0.2) is 0 Å². The van der Waals surface area contributed by atoms with Crippen molar-refractivity contribution in [3.63, 3.8) is 0 Å². The van der Waals surface area contributed by atoms with Gasteiger partial charge >= 0.3 is 12.2 Å². The summed E-state index contributed by atoms with van der Waals surface area (Å²) in [6.07, 6.45) is 1.12. The zero-order valence-corrected chi connectivity index (χ0v) is 16.5. The number of anilines is 1. The van der Waals surface area contributed by atoms with Gasteiger partial charge in [-0.3, -0.25) is 4.90 Å². The third-order valence-electron chi connectivity index (χ3n) is 5.13. The van der Waals surface area contributed by atoms with Crippen LogP contribution in [0.15, 0.2) is 49.2 Å². The lowest BCUT2D eigenvalue weighted by molar-refractivity contribution is -0.138. The van der Waals surface area contributed by atoms with Crippen molar-refractivity contribution in [2.24, 2.45) is 0 Å². The second-order valence-corrected chi connectivity index (χ2v) is 7.23. The number of nitrogens with zero attached hydrogens (tertiary/aromatic N) is 6. The quantitative estimate of drug-likeness (QED) is 0.686. The fourth-order valence-electron chi connectivity index (χ4n) is 3.52. The van der Waals surface area contributed by atoms with Crippen molar-refractivity contribution in [2.45, 2.75) is 12.7 Å². The van der Waals surface area contributed by atoms with Crippen LogP contribution in [0, 0.1) is 0 Å². The van der Waals surface area contributed by atoms with E-state index in [1.54, 1.807) is 17.0 Å². The van der Waals surface area contributed by atoms with Crippen LogP contribution < -0.4 is 5.73 Å². The van der Waals surface area contributed by atoms with E-state index >= 15 is 0 Å². The number of nitrogen functional groups attached to an aromatic ring is 1. The summed E-state index contributed by atoms with van der Waals surface area (Å²) in [5.41, 5.74) is 6.29. The van der Waals surface area contributed by atoms with Gasteiger partial charge in [0.1, 0.15) is 6.33 Å². The minimum Gasteiger partial charge on any atom is -0.396 e.